The Balaban J connectivity index is 2.78. The van der Waals surface area contributed by atoms with Crippen LogP contribution >= 0.6 is 0 Å². The fourth-order valence-corrected chi connectivity index (χ4v) is 2.07. The minimum absolute atomic E-state index is 0.143. The quantitative estimate of drug-likeness (QED) is 0.712. The molecule has 0 aliphatic rings. The van der Waals surface area contributed by atoms with Crippen molar-refractivity contribution in [2.24, 2.45) is 0 Å². The van der Waals surface area contributed by atoms with Gasteiger partial charge in [0.15, 0.2) is 0 Å². The van der Waals surface area contributed by atoms with Gasteiger partial charge in [0.2, 0.25) is 0 Å². The van der Waals surface area contributed by atoms with Crippen LogP contribution in [0.3, 0.4) is 0 Å². The van der Waals surface area contributed by atoms with Crippen molar-refractivity contribution >= 4 is 5.69 Å². The molecule has 1 aromatic carbocycles. The second-order valence-electron chi connectivity index (χ2n) is 4.57. The lowest BCUT2D eigenvalue weighted by atomic mass is 10.1. The zero-order valence-electron chi connectivity index (χ0n) is 11.8. The van der Waals surface area contributed by atoms with Crippen LogP contribution in [0, 0.1) is 5.82 Å². The van der Waals surface area contributed by atoms with Gasteiger partial charge in [0.05, 0.1) is 0 Å². The Morgan fingerprint density at radius 2 is 1.89 bits per heavy atom. The fraction of sp³-hybridized carbons (Fsp3) is 0.600. The number of benzene rings is 1. The highest BCUT2D eigenvalue weighted by molar-refractivity contribution is 5.49. The molecule has 3 heteroatoms. The molecule has 0 saturated heterocycles. The van der Waals surface area contributed by atoms with E-state index in [4.69, 9.17) is 0 Å². The van der Waals surface area contributed by atoms with E-state index in [0.717, 1.165) is 50.3 Å². The molecule has 0 amide bonds. The molecular weight excluding hydrogens is 227 g/mol. The second kappa shape index (κ2) is 8.09. The molecule has 0 heterocycles. The van der Waals surface area contributed by atoms with Crippen molar-refractivity contribution in [3.05, 3.63) is 29.6 Å². The van der Waals surface area contributed by atoms with E-state index >= 15 is 0 Å². The predicted molar refractivity (Wildman–Crippen MR) is 76.6 cm³/mol. The number of hydrogen-bond acceptors (Lipinski definition) is 2. The Kier molecular flexibility index (Phi) is 6.73. The Morgan fingerprint density at radius 3 is 2.50 bits per heavy atom. The number of anilines is 1. The van der Waals surface area contributed by atoms with Crippen LogP contribution in [0.5, 0.6) is 0 Å². The molecule has 0 radical (unpaired) electrons. The average Bonchev–Trinajstić information content (AvgIpc) is 2.35. The summed E-state index contributed by atoms with van der Waals surface area (Å²) in [6.07, 6.45) is 2.17. The highest BCUT2D eigenvalue weighted by Gasteiger charge is 2.06. The first-order valence-corrected chi connectivity index (χ1v) is 6.96. The summed E-state index contributed by atoms with van der Waals surface area (Å²) in [5.41, 5.74) is 2.01. The number of halogens is 1. The number of rotatable bonds is 8. The van der Waals surface area contributed by atoms with Gasteiger partial charge in [0, 0.05) is 25.3 Å². The molecule has 0 spiro atoms. The number of hydrogen-bond donors (Lipinski definition) is 1. The third-order valence-electron chi connectivity index (χ3n) is 2.94. The van der Waals surface area contributed by atoms with Gasteiger partial charge in [-0.25, -0.2) is 4.39 Å². The maximum absolute atomic E-state index is 13.6. The normalized spacial score (nSPS) is 10.7. The monoisotopic (exact) mass is 252 g/mol. The van der Waals surface area contributed by atoms with Crippen LogP contribution in [0.2, 0.25) is 0 Å². The van der Waals surface area contributed by atoms with Gasteiger partial charge < -0.3 is 10.2 Å². The first-order valence-electron chi connectivity index (χ1n) is 6.96. The Hall–Kier alpha value is -1.09. The summed E-state index contributed by atoms with van der Waals surface area (Å²) < 4.78 is 13.6. The second-order valence-corrected chi connectivity index (χ2v) is 4.57. The van der Waals surface area contributed by atoms with Crippen molar-refractivity contribution in [1.29, 1.82) is 0 Å². The van der Waals surface area contributed by atoms with Crippen LogP contribution in [-0.2, 0) is 6.54 Å². The van der Waals surface area contributed by atoms with Gasteiger partial charge in [-0.2, -0.15) is 0 Å². The van der Waals surface area contributed by atoms with Crippen molar-refractivity contribution in [3.8, 4) is 0 Å². The molecule has 0 unspecified atom stereocenters. The van der Waals surface area contributed by atoms with Crippen molar-refractivity contribution < 1.29 is 4.39 Å². The minimum Gasteiger partial charge on any atom is -0.372 e. The van der Waals surface area contributed by atoms with Crippen molar-refractivity contribution in [3.63, 3.8) is 0 Å². The van der Waals surface area contributed by atoms with Crippen LogP contribution < -0.4 is 10.2 Å². The average molecular weight is 252 g/mol. The minimum atomic E-state index is -0.143. The maximum atomic E-state index is 13.6. The Morgan fingerprint density at radius 1 is 1.11 bits per heavy atom. The molecule has 0 atom stereocenters. The van der Waals surface area contributed by atoms with Gasteiger partial charge in [-0.1, -0.05) is 13.8 Å². The summed E-state index contributed by atoms with van der Waals surface area (Å²) in [4.78, 5) is 2.21. The molecule has 0 aliphatic carbocycles. The van der Waals surface area contributed by atoms with Gasteiger partial charge in [0.25, 0.3) is 0 Å². The van der Waals surface area contributed by atoms with E-state index in [0.29, 0.717) is 0 Å². The summed E-state index contributed by atoms with van der Waals surface area (Å²) in [6.45, 7) is 9.98. The number of nitrogens with one attached hydrogen (secondary N) is 1. The molecule has 0 aliphatic heterocycles. The standard InChI is InChI=1S/C15H25FN2/c1-4-7-17-12-13-9-14(16)11-15(10-13)18(6-3)8-5-2/h9-11,17H,4-8,12H2,1-3H3. The summed E-state index contributed by atoms with van der Waals surface area (Å²) in [6, 6.07) is 5.33. The fourth-order valence-electron chi connectivity index (χ4n) is 2.07. The Bertz CT molecular complexity index is 352. The lowest BCUT2D eigenvalue weighted by molar-refractivity contribution is 0.617. The lowest BCUT2D eigenvalue weighted by Gasteiger charge is -2.23. The third-order valence-corrected chi connectivity index (χ3v) is 2.94. The molecule has 1 N–H and O–H groups in total. The number of nitrogens with zero attached hydrogens (tertiary/aromatic N) is 1. The zero-order valence-corrected chi connectivity index (χ0v) is 11.8. The van der Waals surface area contributed by atoms with Crippen molar-refractivity contribution in [1.82, 2.24) is 5.32 Å². The van der Waals surface area contributed by atoms with Crippen molar-refractivity contribution in [2.75, 3.05) is 24.5 Å². The van der Waals surface area contributed by atoms with Crippen LogP contribution in [0.1, 0.15) is 39.2 Å². The van der Waals surface area contributed by atoms with Gasteiger partial charge in [-0.3, -0.25) is 0 Å². The molecule has 0 saturated carbocycles. The van der Waals surface area contributed by atoms with E-state index in [-0.39, 0.29) is 5.82 Å². The van der Waals surface area contributed by atoms with E-state index in [1.807, 2.05) is 0 Å². The van der Waals surface area contributed by atoms with E-state index in [9.17, 15) is 4.39 Å². The summed E-state index contributed by atoms with van der Waals surface area (Å²) in [7, 11) is 0. The lowest BCUT2D eigenvalue weighted by Crippen LogP contribution is -2.24. The van der Waals surface area contributed by atoms with Gasteiger partial charge >= 0.3 is 0 Å². The largest absolute Gasteiger partial charge is 0.372 e. The molecule has 0 bridgehead atoms. The molecule has 0 aromatic heterocycles. The van der Waals surface area contributed by atoms with Crippen molar-refractivity contribution in [2.45, 2.75) is 40.2 Å². The predicted octanol–water partition coefficient (Wildman–Crippen LogP) is 3.56. The SMILES string of the molecule is CCCNCc1cc(F)cc(N(CC)CCC)c1. The van der Waals surface area contributed by atoms with E-state index in [1.54, 1.807) is 12.1 Å². The molecule has 1 aromatic rings. The molecule has 2 nitrogen and oxygen atoms in total. The maximum Gasteiger partial charge on any atom is 0.125 e. The smallest absolute Gasteiger partial charge is 0.125 e. The van der Waals surface area contributed by atoms with E-state index in [2.05, 4.69) is 37.1 Å². The first kappa shape index (κ1) is 15.0. The highest BCUT2D eigenvalue weighted by Crippen LogP contribution is 2.19. The topological polar surface area (TPSA) is 15.3 Å². The molecule has 1 rings (SSSR count). The summed E-state index contributed by atoms with van der Waals surface area (Å²) in [5.74, 6) is -0.143. The van der Waals surface area contributed by atoms with Gasteiger partial charge in [0.1, 0.15) is 5.82 Å². The van der Waals surface area contributed by atoms with Crippen LogP contribution in [-0.4, -0.2) is 19.6 Å². The summed E-state index contributed by atoms with van der Waals surface area (Å²) in [5, 5.41) is 3.31. The summed E-state index contributed by atoms with van der Waals surface area (Å²) >= 11 is 0. The third kappa shape index (κ3) is 4.65. The zero-order chi connectivity index (χ0) is 13.4. The van der Waals surface area contributed by atoms with Crippen LogP contribution in [0.4, 0.5) is 10.1 Å². The Labute approximate surface area is 110 Å². The van der Waals surface area contributed by atoms with E-state index < -0.39 is 0 Å². The molecular formula is C15H25FN2. The van der Waals surface area contributed by atoms with Gasteiger partial charge in [-0.05, 0) is 50.1 Å². The van der Waals surface area contributed by atoms with Crippen LogP contribution in [0.25, 0.3) is 0 Å². The van der Waals surface area contributed by atoms with E-state index in [1.165, 1.54) is 0 Å². The first-order chi connectivity index (χ1) is 8.71. The van der Waals surface area contributed by atoms with Gasteiger partial charge in [-0.15, -0.1) is 0 Å². The molecule has 0 fully saturated rings. The molecule has 102 valence electrons. The molecule has 18 heavy (non-hydrogen) atoms. The van der Waals surface area contributed by atoms with Crippen LogP contribution in [0.15, 0.2) is 18.2 Å². The highest BCUT2D eigenvalue weighted by atomic mass is 19.1.